The maximum Gasteiger partial charge on any atom is 0.153 e. The first-order chi connectivity index (χ1) is 6.54. The van der Waals surface area contributed by atoms with E-state index in [-0.39, 0.29) is 16.3 Å². The molecule has 0 aliphatic heterocycles. The van der Waals surface area contributed by atoms with Gasteiger partial charge in [0.2, 0.25) is 0 Å². The summed E-state index contributed by atoms with van der Waals surface area (Å²) in [7, 11) is 0. The van der Waals surface area contributed by atoms with Crippen molar-refractivity contribution < 1.29 is 13.9 Å². The number of ether oxygens (including phenoxy) is 1. The Kier molecular flexibility index (Phi) is 3.63. The van der Waals surface area contributed by atoms with Crippen molar-refractivity contribution in [1.29, 1.82) is 0 Å². The van der Waals surface area contributed by atoms with E-state index in [9.17, 15) is 9.18 Å². The van der Waals surface area contributed by atoms with Crippen LogP contribution in [0.4, 0.5) is 4.39 Å². The van der Waals surface area contributed by atoms with Crippen LogP contribution in [0, 0.1) is 5.82 Å². The fourth-order valence-electron chi connectivity index (χ4n) is 0.992. The molecule has 0 saturated carbocycles. The molecule has 0 radical (unpaired) electrons. The number of benzene rings is 1. The molecule has 0 fully saturated rings. The molecule has 0 bridgehead atoms. The van der Waals surface area contributed by atoms with Crippen molar-refractivity contribution in [1.82, 2.24) is 0 Å². The standard InChI is InChI=1S/C10H10BrFO2/c1-6(2)14-10-4-9(12)8(11)3-7(10)5-13/h3-6H,1-2H3. The Bertz CT molecular complexity index is 350. The number of carbonyl (C=O) groups excluding carboxylic acids is 1. The van der Waals surface area contributed by atoms with Gasteiger partial charge in [-0.05, 0) is 35.8 Å². The van der Waals surface area contributed by atoms with E-state index in [0.29, 0.717) is 11.8 Å². The predicted molar refractivity (Wildman–Crippen MR) is 55.3 cm³/mol. The highest BCUT2D eigenvalue weighted by atomic mass is 79.9. The second-order valence-corrected chi connectivity index (χ2v) is 3.94. The lowest BCUT2D eigenvalue weighted by molar-refractivity contribution is 0.111. The van der Waals surface area contributed by atoms with Crippen LogP contribution in [0.2, 0.25) is 0 Å². The molecule has 14 heavy (non-hydrogen) atoms. The van der Waals surface area contributed by atoms with E-state index in [1.165, 1.54) is 12.1 Å². The first kappa shape index (κ1) is 11.2. The van der Waals surface area contributed by atoms with Crippen LogP contribution >= 0.6 is 15.9 Å². The van der Waals surface area contributed by atoms with Gasteiger partial charge < -0.3 is 4.74 Å². The number of carbonyl (C=O) groups is 1. The quantitative estimate of drug-likeness (QED) is 0.781. The number of hydrogen-bond acceptors (Lipinski definition) is 2. The monoisotopic (exact) mass is 260 g/mol. The van der Waals surface area contributed by atoms with Gasteiger partial charge in [0.15, 0.2) is 6.29 Å². The Labute approximate surface area is 90.2 Å². The maximum atomic E-state index is 13.1. The van der Waals surface area contributed by atoms with E-state index in [0.717, 1.165) is 0 Å². The van der Waals surface area contributed by atoms with Crippen LogP contribution in [0.5, 0.6) is 5.75 Å². The van der Waals surface area contributed by atoms with Crippen LogP contribution in [0.25, 0.3) is 0 Å². The number of rotatable bonds is 3. The average molecular weight is 261 g/mol. The van der Waals surface area contributed by atoms with Crippen LogP contribution in [0.1, 0.15) is 24.2 Å². The summed E-state index contributed by atoms with van der Waals surface area (Å²) >= 11 is 3.00. The average Bonchev–Trinajstić information content (AvgIpc) is 2.10. The minimum absolute atomic E-state index is 0.0886. The molecule has 76 valence electrons. The number of aldehydes is 1. The summed E-state index contributed by atoms with van der Waals surface area (Å²) in [6, 6.07) is 2.61. The predicted octanol–water partition coefficient (Wildman–Crippen LogP) is 3.19. The first-order valence-electron chi connectivity index (χ1n) is 4.15. The van der Waals surface area contributed by atoms with E-state index in [2.05, 4.69) is 15.9 Å². The summed E-state index contributed by atoms with van der Waals surface area (Å²) in [5, 5.41) is 0. The number of halogens is 2. The van der Waals surface area contributed by atoms with E-state index in [1.807, 2.05) is 13.8 Å². The first-order valence-corrected chi connectivity index (χ1v) is 4.94. The van der Waals surface area contributed by atoms with Crippen LogP contribution < -0.4 is 4.74 Å². The Hall–Kier alpha value is -0.900. The van der Waals surface area contributed by atoms with E-state index >= 15 is 0 Å². The topological polar surface area (TPSA) is 26.3 Å². The summed E-state index contributed by atoms with van der Waals surface area (Å²) in [6.45, 7) is 3.63. The molecule has 1 rings (SSSR count). The molecule has 0 amide bonds. The molecule has 0 heterocycles. The molecular formula is C10H10BrFO2. The SMILES string of the molecule is CC(C)Oc1cc(F)c(Br)cc1C=O. The van der Waals surface area contributed by atoms with Gasteiger partial charge in [-0.2, -0.15) is 0 Å². The third-order valence-corrected chi connectivity index (χ3v) is 2.15. The molecule has 0 unspecified atom stereocenters. The molecule has 0 aromatic heterocycles. The Morgan fingerprint density at radius 3 is 2.64 bits per heavy atom. The summed E-state index contributed by atoms with van der Waals surface area (Å²) in [4.78, 5) is 10.6. The van der Waals surface area contributed by atoms with Crippen molar-refractivity contribution >= 4 is 22.2 Å². The van der Waals surface area contributed by atoms with Gasteiger partial charge in [0.25, 0.3) is 0 Å². The van der Waals surface area contributed by atoms with Gasteiger partial charge in [-0.3, -0.25) is 4.79 Å². The molecule has 1 aromatic rings. The lowest BCUT2D eigenvalue weighted by atomic mass is 10.2. The zero-order valence-corrected chi connectivity index (χ0v) is 9.47. The molecule has 1 aromatic carbocycles. The van der Waals surface area contributed by atoms with Gasteiger partial charge in [-0.25, -0.2) is 4.39 Å². The van der Waals surface area contributed by atoms with Gasteiger partial charge in [0.05, 0.1) is 16.1 Å². The summed E-state index contributed by atoms with van der Waals surface area (Å²) in [5.41, 5.74) is 0.340. The molecule has 0 aliphatic rings. The van der Waals surface area contributed by atoms with Crippen LogP contribution in [-0.4, -0.2) is 12.4 Å². The van der Waals surface area contributed by atoms with Crippen molar-refractivity contribution in [3.05, 3.63) is 28.0 Å². The molecule has 4 heteroatoms. The van der Waals surface area contributed by atoms with Gasteiger partial charge in [0, 0.05) is 6.07 Å². The normalized spacial score (nSPS) is 10.4. The van der Waals surface area contributed by atoms with Gasteiger partial charge in [-0.1, -0.05) is 0 Å². The van der Waals surface area contributed by atoms with Gasteiger partial charge in [-0.15, -0.1) is 0 Å². The summed E-state index contributed by atoms with van der Waals surface area (Å²) in [5.74, 6) is -0.165. The summed E-state index contributed by atoms with van der Waals surface area (Å²) < 4.78 is 18.6. The smallest absolute Gasteiger partial charge is 0.153 e. The third kappa shape index (κ3) is 2.54. The van der Waals surface area contributed by atoms with E-state index in [1.54, 1.807) is 0 Å². The Balaban J connectivity index is 3.13. The molecule has 0 N–H and O–H groups in total. The fourth-order valence-corrected chi connectivity index (χ4v) is 1.35. The Morgan fingerprint density at radius 2 is 2.14 bits per heavy atom. The largest absolute Gasteiger partial charge is 0.490 e. The summed E-state index contributed by atoms with van der Waals surface area (Å²) in [6.07, 6.45) is 0.552. The second-order valence-electron chi connectivity index (χ2n) is 3.09. The zero-order chi connectivity index (χ0) is 10.7. The van der Waals surface area contributed by atoms with Crippen molar-refractivity contribution in [2.75, 3.05) is 0 Å². The molecule has 0 atom stereocenters. The molecule has 0 aliphatic carbocycles. The molecular weight excluding hydrogens is 251 g/mol. The second kappa shape index (κ2) is 4.55. The zero-order valence-electron chi connectivity index (χ0n) is 7.88. The van der Waals surface area contributed by atoms with Crippen molar-refractivity contribution in [3.8, 4) is 5.75 Å². The van der Waals surface area contributed by atoms with Gasteiger partial charge >= 0.3 is 0 Å². The highest BCUT2D eigenvalue weighted by Crippen LogP contribution is 2.25. The maximum absolute atomic E-state index is 13.1. The highest BCUT2D eigenvalue weighted by Gasteiger charge is 2.09. The van der Waals surface area contributed by atoms with Crippen LogP contribution in [-0.2, 0) is 0 Å². The molecule has 2 nitrogen and oxygen atoms in total. The third-order valence-electron chi connectivity index (χ3n) is 1.54. The highest BCUT2D eigenvalue weighted by molar-refractivity contribution is 9.10. The lowest BCUT2D eigenvalue weighted by Gasteiger charge is -2.12. The van der Waals surface area contributed by atoms with E-state index in [4.69, 9.17) is 4.74 Å². The van der Waals surface area contributed by atoms with Crippen molar-refractivity contribution in [3.63, 3.8) is 0 Å². The van der Waals surface area contributed by atoms with Crippen molar-refractivity contribution in [2.24, 2.45) is 0 Å². The van der Waals surface area contributed by atoms with Crippen LogP contribution in [0.3, 0.4) is 0 Å². The minimum atomic E-state index is -0.439. The minimum Gasteiger partial charge on any atom is -0.490 e. The van der Waals surface area contributed by atoms with Crippen LogP contribution in [0.15, 0.2) is 16.6 Å². The lowest BCUT2D eigenvalue weighted by Crippen LogP contribution is -2.07. The van der Waals surface area contributed by atoms with Crippen molar-refractivity contribution in [2.45, 2.75) is 20.0 Å². The number of hydrogen-bond donors (Lipinski definition) is 0. The fraction of sp³-hybridized carbons (Fsp3) is 0.300. The van der Waals surface area contributed by atoms with E-state index < -0.39 is 5.82 Å². The molecule has 0 spiro atoms. The van der Waals surface area contributed by atoms with Gasteiger partial charge in [0.1, 0.15) is 11.6 Å². The molecule has 0 saturated heterocycles. The Morgan fingerprint density at radius 1 is 1.50 bits per heavy atom.